The predicted octanol–water partition coefficient (Wildman–Crippen LogP) is 4.37. The van der Waals surface area contributed by atoms with E-state index < -0.39 is 17.6 Å². The number of nitrogens with one attached hydrogen (secondary N) is 2. The number of carbonyl (C=O) groups is 1. The number of aromatic nitrogens is 3. The van der Waals surface area contributed by atoms with Crippen LogP contribution in [0.15, 0.2) is 61.7 Å². The van der Waals surface area contributed by atoms with E-state index in [1.54, 1.807) is 30.2 Å². The summed E-state index contributed by atoms with van der Waals surface area (Å²) in [6, 6.07) is 6.28. The Balaban J connectivity index is 1.95. The minimum atomic E-state index is -4.40. The maximum absolute atomic E-state index is 12.7. The Bertz CT molecular complexity index is 1010. The van der Waals surface area contributed by atoms with Gasteiger partial charge in [0.25, 0.3) is 0 Å². The highest BCUT2D eigenvalue weighted by molar-refractivity contribution is 5.99. The average molecular weight is 387 g/mol. The van der Waals surface area contributed by atoms with Crippen molar-refractivity contribution < 1.29 is 18.0 Å². The van der Waals surface area contributed by atoms with Gasteiger partial charge in [-0.05, 0) is 36.4 Å². The third-order valence-corrected chi connectivity index (χ3v) is 3.80. The lowest BCUT2D eigenvalue weighted by molar-refractivity contribution is -0.137. The number of hydrogen-bond acceptors (Lipinski definition) is 4. The van der Waals surface area contributed by atoms with Crippen molar-refractivity contribution in [2.24, 2.45) is 7.05 Å². The second-order valence-electron chi connectivity index (χ2n) is 5.94. The molecule has 2 aromatic heterocycles. The molecule has 3 aromatic rings. The van der Waals surface area contributed by atoms with Crippen molar-refractivity contribution >= 4 is 23.1 Å². The molecule has 0 aliphatic heterocycles. The molecule has 6 nitrogen and oxygen atoms in total. The van der Waals surface area contributed by atoms with E-state index in [9.17, 15) is 18.0 Å². The monoisotopic (exact) mass is 387 g/mol. The van der Waals surface area contributed by atoms with Crippen molar-refractivity contribution in [3.8, 4) is 11.3 Å². The third kappa shape index (κ3) is 4.37. The van der Waals surface area contributed by atoms with Gasteiger partial charge in [-0.1, -0.05) is 6.58 Å². The smallest absolute Gasteiger partial charge is 0.340 e. The van der Waals surface area contributed by atoms with Crippen LogP contribution in [0.2, 0.25) is 0 Å². The van der Waals surface area contributed by atoms with Crippen LogP contribution < -0.4 is 10.6 Å². The summed E-state index contributed by atoms with van der Waals surface area (Å²) in [5, 5.41) is 5.61. The number of halogens is 3. The largest absolute Gasteiger partial charge is 0.416 e. The molecule has 0 radical (unpaired) electrons. The van der Waals surface area contributed by atoms with Gasteiger partial charge in [0.2, 0.25) is 5.91 Å². The lowest BCUT2D eigenvalue weighted by Crippen LogP contribution is -2.08. The third-order valence-electron chi connectivity index (χ3n) is 3.80. The molecule has 144 valence electrons. The topological polar surface area (TPSA) is 71.8 Å². The lowest BCUT2D eigenvalue weighted by atomic mass is 10.1. The first-order chi connectivity index (χ1) is 13.3. The van der Waals surface area contributed by atoms with Gasteiger partial charge in [0.05, 0.1) is 29.5 Å². The molecule has 0 fully saturated rings. The quantitative estimate of drug-likeness (QED) is 0.638. The minimum Gasteiger partial charge on any atom is -0.340 e. The van der Waals surface area contributed by atoms with E-state index in [1.807, 2.05) is 0 Å². The molecule has 0 atom stereocenters. The summed E-state index contributed by atoms with van der Waals surface area (Å²) in [5.41, 5.74) is 1.28. The number of anilines is 3. The fourth-order valence-corrected chi connectivity index (χ4v) is 2.45. The Morgan fingerprint density at radius 3 is 2.46 bits per heavy atom. The zero-order valence-electron chi connectivity index (χ0n) is 14.8. The van der Waals surface area contributed by atoms with Gasteiger partial charge in [-0.2, -0.15) is 13.2 Å². The van der Waals surface area contributed by atoms with Gasteiger partial charge < -0.3 is 15.2 Å². The second kappa shape index (κ2) is 7.55. The number of nitrogens with zero attached hydrogens (tertiary/aromatic N) is 3. The number of amides is 1. The first-order valence-electron chi connectivity index (χ1n) is 8.12. The van der Waals surface area contributed by atoms with E-state index in [2.05, 4.69) is 27.2 Å². The van der Waals surface area contributed by atoms with E-state index in [0.717, 1.165) is 18.2 Å². The van der Waals surface area contributed by atoms with Crippen molar-refractivity contribution in [1.82, 2.24) is 14.5 Å². The molecule has 0 spiro atoms. The predicted molar refractivity (Wildman–Crippen MR) is 100.0 cm³/mol. The summed E-state index contributed by atoms with van der Waals surface area (Å²) in [4.78, 5) is 20.1. The van der Waals surface area contributed by atoms with Gasteiger partial charge in [0, 0.05) is 24.5 Å². The van der Waals surface area contributed by atoms with Gasteiger partial charge in [-0.15, -0.1) is 0 Å². The normalized spacial score (nSPS) is 11.1. The molecule has 1 amide bonds. The Morgan fingerprint density at radius 2 is 1.89 bits per heavy atom. The molecule has 2 N–H and O–H groups in total. The van der Waals surface area contributed by atoms with Gasteiger partial charge >= 0.3 is 6.18 Å². The highest BCUT2D eigenvalue weighted by atomic mass is 19.4. The van der Waals surface area contributed by atoms with Crippen LogP contribution in [0.3, 0.4) is 0 Å². The molecule has 1 aromatic carbocycles. The van der Waals surface area contributed by atoms with Crippen LogP contribution >= 0.6 is 0 Å². The number of rotatable bonds is 5. The van der Waals surface area contributed by atoms with Crippen LogP contribution in [0.4, 0.5) is 30.4 Å². The first kappa shape index (κ1) is 19.2. The molecule has 3 rings (SSSR count). The molecule has 0 saturated heterocycles. The molecule has 0 aliphatic rings. The SMILES string of the molecule is C=CC(=O)Nc1cnc(Nc2ccc(C(F)(F)F)cc2)c(-c2cn(C)cn2)c1. The number of imidazole rings is 1. The fraction of sp³-hybridized carbons (Fsp3) is 0.105. The molecule has 0 unspecified atom stereocenters. The lowest BCUT2D eigenvalue weighted by Gasteiger charge is -2.13. The van der Waals surface area contributed by atoms with Crippen molar-refractivity contribution in [3.05, 3.63) is 67.3 Å². The molecule has 0 bridgehead atoms. The summed E-state index contributed by atoms with van der Waals surface area (Å²) in [7, 11) is 1.80. The number of hydrogen-bond donors (Lipinski definition) is 2. The van der Waals surface area contributed by atoms with Gasteiger partial charge in [-0.3, -0.25) is 4.79 Å². The number of aryl methyl sites for hydroxylation is 1. The fourth-order valence-electron chi connectivity index (χ4n) is 2.45. The number of pyridine rings is 1. The van der Waals surface area contributed by atoms with Crippen LogP contribution in [0.5, 0.6) is 0 Å². The molecule has 9 heteroatoms. The average Bonchev–Trinajstić information content (AvgIpc) is 3.08. The van der Waals surface area contributed by atoms with E-state index >= 15 is 0 Å². The summed E-state index contributed by atoms with van der Waals surface area (Å²) in [5.74, 6) is -0.00715. The highest BCUT2D eigenvalue weighted by Crippen LogP contribution is 2.32. The minimum absolute atomic E-state index is 0.384. The summed E-state index contributed by atoms with van der Waals surface area (Å²) < 4.78 is 39.9. The summed E-state index contributed by atoms with van der Waals surface area (Å²) in [6.45, 7) is 3.40. The Kier molecular flexibility index (Phi) is 5.16. The Labute approximate surface area is 158 Å². The summed E-state index contributed by atoms with van der Waals surface area (Å²) in [6.07, 6.45) is 1.52. The molecular formula is C19H16F3N5O. The molecule has 28 heavy (non-hydrogen) atoms. The zero-order chi connectivity index (χ0) is 20.3. The maximum Gasteiger partial charge on any atom is 0.416 e. The molecule has 2 heterocycles. The van der Waals surface area contributed by atoms with Crippen LogP contribution in [0.25, 0.3) is 11.3 Å². The van der Waals surface area contributed by atoms with Crippen LogP contribution in [-0.2, 0) is 18.0 Å². The number of benzene rings is 1. The van der Waals surface area contributed by atoms with Crippen LogP contribution in [-0.4, -0.2) is 20.4 Å². The van der Waals surface area contributed by atoms with Crippen molar-refractivity contribution in [3.63, 3.8) is 0 Å². The summed E-state index contributed by atoms with van der Waals surface area (Å²) >= 11 is 0. The standard InChI is InChI=1S/C19H16F3N5O/c1-3-17(28)25-14-8-15(16-10-27(2)11-24-16)18(23-9-14)26-13-6-4-12(5-7-13)19(20,21)22/h3-11H,1H2,2H3,(H,23,26)(H,25,28). The van der Waals surface area contributed by atoms with E-state index in [4.69, 9.17) is 0 Å². The Morgan fingerprint density at radius 1 is 1.18 bits per heavy atom. The van der Waals surface area contributed by atoms with Crippen LogP contribution in [0.1, 0.15) is 5.56 Å². The van der Waals surface area contributed by atoms with Gasteiger partial charge in [-0.25, -0.2) is 9.97 Å². The van der Waals surface area contributed by atoms with E-state index in [-0.39, 0.29) is 0 Å². The van der Waals surface area contributed by atoms with E-state index in [0.29, 0.717) is 28.5 Å². The zero-order valence-corrected chi connectivity index (χ0v) is 14.8. The number of carbonyl (C=O) groups excluding carboxylic acids is 1. The molecule has 0 saturated carbocycles. The first-order valence-corrected chi connectivity index (χ1v) is 8.12. The van der Waals surface area contributed by atoms with Gasteiger partial charge in [0.15, 0.2) is 0 Å². The molecule has 0 aliphatic carbocycles. The van der Waals surface area contributed by atoms with Crippen molar-refractivity contribution in [2.45, 2.75) is 6.18 Å². The Hall–Kier alpha value is -3.62. The second-order valence-corrected chi connectivity index (χ2v) is 5.94. The van der Waals surface area contributed by atoms with E-state index in [1.165, 1.54) is 18.3 Å². The van der Waals surface area contributed by atoms with Crippen molar-refractivity contribution in [2.75, 3.05) is 10.6 Å². The van der Waals surface area contributed by atoms with Crippen LogP contribution in [0, 0.1) is 0 Å². The maximum atomic E-state index is 12.7. The number of alkyl halides is 3. The van der Waals surface area contributed by atoms with Crippen molar-refractivity contribution in [1.29, 1.82) is 0 Å². The highest BCUT2D eigenvalue weighted by Gasteiger charge is 2.30. The molecular weight excluding hydrogens is 371 g/mol. The van der Waals surface area contributed by atoms with Gasteiger partial charge in [0.1, 0.15) is 5.82 Å².